The van der Waals surface area contributed by atoms with E-state index in [9.17, 15) is 14.4 Å². The van der Waals surface area contributed by atoms with Crippen LogP contribution in [-0.2, 0) is 16.1 Å². The Morgan fingerprint density at radius 1 is 1.23 bits per heavy atom. The summed E-state index contributed by atoms with van der Waals surface area (Å²) < 4.78 is 0. The van der Waals surface area contributed by atoms with Crippen molar-refractivity contribution in [3.05, 3.63) is 29.3 Å². The summed E-state index contributed by atoms with van der Waals surface area (Å²) in [6.45, 7) is 4.12. The normalized spacial score (nSPS) is 17.6. The summed E-state index contributed by atoms with van der Waals surface area (Å²) in [5.41, 5.74) is 1.72. The highest BCUT2D eigenvalue weighted by molar-refractivity contribution is 7.99. The van der Waals surface area contributed by atoms with Crippen LogP contribution in [0.3, 0.4) is 0 Å². The van der Waals surface area contributed by atoms with Gasteiger partial charge < -0.3 is 19.9 Å². The van der Waals surface area contributed by atoms with Crippen LogP contribution in [0.2, 0.25) is 0 Å². The Labute approximate surface area is 183 Å². The number of carbonyl (C=O) groups is 3. The van der Waals surface area contributed by atoms with Gasteiger partial charge in [0.15, 0.2) is 0 Å². The molecular weight excluding hydrogens is 398 g/mol. The van der Waals surface area contributed by atoms with Gasteiger partial charge in [-0.1, -0.05) is 12.5 Å². The van der Waals surface area contributed by atoms with Crippen molar-refractivity contribution in [1.29, 1.82) is 0 Å². The minimum absolute atomic E-state index is 0.105. The smallest absolute Gasteiger partial charge is 0.255 e. The Hall–Kier alpha value is -1.86. The minimum atomic E-state index is -0.565. The number of carbonyl (C=O) groups excluding carboxylic acids is 3. The third kappa shape index (κ3) is 5.85. The monoisotopic (exact) mass is 431 g/mol. The molecule has 7 heteroatoms. The molecule has 0 aliphatic carbocycles. The second kappa shape index (κ2) is 11.5. The lowest BCUT2D eigenvalue weighted by Gasteiger charge is -2.26. The number of aldehydes is 1. The average molecular weight is 432 g/mol. The van der Waals surface area contributed by atoms with Crippen molar-refractivity contribution in [3.8, 4) is 0 Å². The fourth-order valence-corrected chi connectivity index (χ4v) is 5.32. The van der Waals surface area contributed by atoms with Gasteiger partial charge in [0.2, 0.25) is 5.91 Å². The van der Waals surface area contributed by atoms with Crippen LogP contribution in [0, 0.1) is 0 Å². The Balaban J connectivity index is 1.52. The number of hydrogen-bond donors (Lipinski definition) is 1. The molecule has 164 valence electrons. The minimum Gasteiger partial charge on any atom is -0.359 e. The molecule has 1 aromatic rings. The molecule has 0 aromatic heterocycles. The first kappa shape index (κ1) is 22.8. The highest BCUT2D eigenvalue weighted by atomic mass is 32.2. The number of thioether (sulfide) groups is 1. The molecule has 1 N–H and O–H groups in total. The van der Waals surface area contributed by atoms with Crippen molar-refractivity contribution >= 4 is 29.9 Å². The summed E-state index contributed by atoms with van der Waals surface area (Å²) in [5, 5.41) is 2.56. The Morgan fingerprint density at radius 2 is 2.03 bits per heavy atom. The first-order valence-electron chi connectivity index (χ1n) is 11.1. The largest absolute Gasteiger partial charge is 0.359 e. The second-order valence-electron chi connectivity index (χ2n) is 8.09. The van der Waals surface area contributed by atoms with Crippen molar-refractivity contribution in [2.24, 2.45) is 0 Å². The van der Waals surface area contributed by atoms with Crippen LogP contribution < -0.4 is 5.32 Å². The van der Waals surface area contributed by atoms with Gasteiger partial charge in [0.25, 0.3) is 5.91 Å². The summed E-state index contributed by atoms with van der Waals surface area (Å²) in [4.78, 5) is 41.3. The number of likely N-dealkylation sites (tertiary alicyclic amines) is 1. The quantitative estimate of drug-likeness (QED) is 0.331. The zero-order valence-corrected chi connectivity index (χ0v) is 18.7. The number of unbranched alkanes of at least 4 members (excludes halogenated alkanes) is 1. The van der Waals surface area contributed by atoms with Gasteiger partial charge in [-0.15, -0.1) is 11.8 Å². The number of piperidine rings is 1. The van der Waals surface area contributed by atoms with Crippen LogP contribution in [-0.4, -0.2) is 66.4 Å². The molecule has 2 aliphatic rings. The number of rotatable bonds is 11. The number of nitrogens with one attached hydrogen (secondary N) is 1. The van der Waals surface area contributed by atoms with Crippen molar-refractivity contribution in [3.63, 3.8) is 0 Å². The summed E-state index contributed by atoms with van der Waals surface area (Å²) in [7, 11) is 1.57. The number of nitrogens with zero attached hydrogens (tertiary/aromatic N) is 2. The maximum Gasteiger partial charge on any atom is 0.255 e. The lowest BCUT2D eigenvalue weighted by Crippen LogP contribution is -2.37. The number of fused-ring (bicyclic) bond motifs is 1. The number of amides is 2. The second-order valence-corrected chi connectivity index (χ2v) is 9.23. The molecule has 1 aromatic carbocycles. The van der Waals surface area contributed by atoms with Gasteiger partial charge in [0, 0.05) is 30.5 Å². The van der Waals surface area contributed by atoms with Crippen LogP contribution in [0.25, 0.3) is 0 Å². The molecule has 6 nitrogen and oxygen atoms in total. The Morgan fingerprint density at radius 3 is 2.77 bits per heavy atom. The highest BCUT2D eigenvalue weighted by Gasteiger charge is 2.34. The SMILES string of the molecule is CNC(=O)CCC(C=O)N1Cc2c(SCCCCN3CCCCC3)cccc2C1=O. The van der Waals surface area contributed by atoms with Crippen LogP contribution in [0.5, 0.6) is 0 Å². The Bertz CT molecular complexity index is 749. The first-order valence-corrected chi connectivity index (χ1v) is 12.1. The molecule has 1 saturated heterocycles. The van der Waals surface area contributed by atoms with Crippen molar-refractivity contribution < 1.29 is 14.4 Å². The molecule has 3 rings (SSSR count). The van der Waals surface area contributed by atoms with Gasteiger partial charge in [-0.25, -0.2) is 0 Å². The molecule has 0 saturated carbocycles. The zero-order chi connectivity index (χ0) is 21.3. The van der Waals surface area contributed by atoms with E-state index in [4.69, 9.17) is 0 Å². The molecule has 2 aliphatic heterocycles. The third-order valence-corrected chi connectivity index (χ3v) is 7.22. The van der Waals surface area contributed by atoms with Gasteiger partial charge in [-0.05, 0) is 75.2 Å². The molecule has 1 fully saturated rings. The maximum atomic E-state index is 12.9. The van der Waals surface area contributed by atoms with E-state index in [2.05, 4.69) is 16.3 Å². The maximum absolute atomic E-state index is 12.9. The van der Waals surface area contributed by atoms with E-state index in [-0.39, 0.29) is 18.2 Å². The van der Waals surface area contributed by atoms with Crippen LogP contribution in [0.15, 0.2) is 23.1 Å². The molecule has 1 atom stereocenters. The lowest BCUT2D eigenvalue weighted by atomic mass is 10.1. The molecular formula is C23H33N3O3S. The molecule has 30 heavy (non-hydrogen) atoms. The van der Waals surface area contributed by atoms with E-state index in [1.54, 1.807) is 11.9 Å². The van der Waals surface area contributed by atoms with E-state index >= 15 is 0 Å². The van der Waals surface area contributed by atoms with E-state index < -0.39 is 6.04 Å². The van der Waals surface area contributed by atoms with E-state index in [0.717, 1.165) is 28.9 Å². The molecule has 2 heterocycles. The van der Waals surface area contributed by atoms with Crippen LogP contribution >= 0.6 is 11.8 Å². The predicted molar refractivity (Wildman–Crippen MR) is 120 cm³/mol. The fourth-order valence-electron chi connectivity index (χ4n) is 4.23. The fraction of sp³-hybridized carbons (Fsp3) is 0.609. The van der Waals surface area contributed by atoms with Crippen LogP contribution in [0.4, 0.5) is 0 Å². The molecule has 1 unspecified atom stereocenters. The van der Waals surface area contributed by atoms with Gasteiger partial charge in [0.05, 0.1) is 6.04 Å². The van der Waals surface area contributed by atoms with E-state index in [1.807, 2.05) is 23.9 Å². The van der Waals surface area contributed by atoms with Gasteiger partial charge >= 0.3 is 0 Å². The lowest BCUT2D eigenvalue weighted by molar-refractivity contribution is -0.121. The van der Waals surface area contributed by atoms with Gasteiger partial charge in [0.1, 0.15) is 6.29 Å². The van der Waals surface area contributed by atoms with Crippen molar-refractivity contribution in [1.82, 2.24) is 15.1 Å². The first-order chi connectivity index (χ1) is 14.6. The Kier molecular flexibility index (Phi) is 8.75. The summed E-state index contributed by atoms with van der Waals surface area (Å²) in [6.07, 6.45) is 7.78. The average Bonchev–Trinajstić information content (AvgIpc) is 3.12. The van der Waals surface area contributed by atoms with Crippen LogP contribution in [0.1, 0.15) is 60.9 Å². The number of hydrogen-bond acceptors (Lipinski definition) is 5. The summed E-state index contributed by atoms with van der Waals surface area (Å²) >= 11 is 1.81. The zero-order valence-electron chi connectivity index (χ0n) is 17.9. The third-order valence-electron chi connectivity index (χ3n) is 6.03. The summed E-state index contributed by atoms with van der Waals surface area (Å²) in [6, 6.07) is 5.28. The topological polar surface area (TPSA) is 69.7 Å². The summed E-state index contributed by atoms with van der Waals surface area (Å²) in [5.74, 6) is 0.810. The molecule has 0 bridgehead atoms. The van der Waals surface area contributed by atoms with Crippen molar-refractivity contribution in [2.45, 2.75) is 62.4 Å². The highest BCUT2D eigenvalue weighted by Crippen LogP contribution is 2.34. The molecule has 0 radical (unpaired) electrons. The van der Waals surface area contributed by atoms with Crippen molar-refractivity contribution in [2.75, 3.05) is 32.4 Å². The predicted octanol–water partition coefficient (Wildman–Crippen LogP) is 3.09. The van der Waals surface area contributed by atoms with E-state index in [0.29, 0.717) is 18.5 Å². The van der Waals surface area contributed by atoms with Gasteiger partial charge in [-0.2, -0.15) is 0 Å². The standard InChI is InChI=1S/C23H33N3O3S/c1-24-22(28)11-10-18(17-27)26-16-20-19(23(26)29)8-7-9-21(20)30-15-6-5-14-25-12-3-2-4-13-25/h7-9,17-18H,2-6,10-16H2,1H3,(H,24,28). The molecule has 2 amide bonds. The van der Waals surface area contributed by atoms with E-state index in [1.165, 1.54) is 45.3 Å². The van der Waals surface area contributed by atoms with Gasteiger partial charge in [-0.3, -0.25) is 9.59 Å². The molecule has 0 spiro atoms. The number of benzene rings is 1.